The highest BCUT2D eigenvalue weighted by atomic mass is 32.1. The third-order valence-corrected chi connectivity index (χ3v) is 4.99. The summed E-state index contributed by atoms with van der Waals surface area (Å²) in [6.07, 6.45) is 3.39. The number of para-hydroxylation sites is 1. The summed E-state index contributed by atoms with van der Waals surface area (Å²) in [6, 6.07) is 15.0. The van der Waals surface area contributed by atoms with Gasteiger partial charge in [-0.15, -0.1) is 11.3 Å². The van der Waals surface area contributed by atoms with Gasteiger partial charge in [-0.2, -0.15) is 0 Å². The summed E-state index contributed by atoms with van der Waals surface area (Å²) in [7, 11) is 0. The maximum atomic E-state index is 4.70. The predicted octanol–water partition coefficient (Wildman–Crippen LogP) is 5.09. The number of rotatable bonds is 4. The van der Waals surface area contributed by atoms with Crippen molar-refractivity contribution in [1.29, 1.82) is 0 Å². The van der Waals surface area contributed by atoms with E-state index < -0.39 is 0 Å². The van der Waals surface area contributed by atoms with Crippen LogP contribution in [0.3, 0.4) is 0 Å². The standard InChI is InChI=1S/C18H19NS/c1-13-7-5-8-15(14(13)2)9-6-12-18-19-16-10-3-4-11-17(16)20-18/h3-5,7-8,10-11H,6,9,12H2,1-2H3. The monoisotopic (exact) mass is 281 g/mol. The van der Waals surface area contributed by atoms with Gasteiger partial charge in [0.05, 0.1) is 15.2 Å². The molecular formula is C18H19NS. The van der Waals surface area contributed by atoms with Crippen molar-refractivity contribution in [3.05, 3.63) is 64.2 Å². The third kappa shape index (κ3) is 2.75. The molecule has 0 spiro atoms. The van der Waals surface area contributed by atoms with Gasteiger partial charge in [0.1, 0.15) is 0 Å². The summed E-state index contributed by atoms with van der Waals surface area (Å²) in [5.74, 6) is 0. The molecule has 20 heavy (non-hydrogen) atoms. The van der Waals surface area contributed by atoms with Crippen LogP contribution in [0.25, 0.3) is 10.2 Å². The zero-order valence-electron chi connectivity index (χ0n) is 12.0. The number of benzene rings is 2. The van der Waals surface area contributed by atoms with Crippen molar-refractivity contribution in [1.82, 2.24) is 4.98 Å². The molecule has 2 aromatic carbocycles. The Morgan fingerprint density at radius 3 is 2.65 bits per heavy atom. The highest BCUT2D eigenvalue weighted by molar-refractivity contribution is 7.18. The first kappa shape index (κ1) is 13.3. The van der Waals surface area contributed by atoms with E-state index in [9.17, 15) is 0 Å². The van der Waals surface area contributed by atoms with E-state index in [2.05, 4.69) is 56.3 Å². The number of fused-ring (bicyclic) bond motifs is 1. The lowest BCUT2D eigenvalue weighted by molar-refractivity contribution is 0.811. The lowest BCUT2D eigenvalue weighted by Crippen LogP contribution is -1.94. The van der Waals surface area contributed by atoms with Gasteiger partial charge in [0.2, 0.25) is 0 Å². The van der Waals surface area contributed by atoms with E-state index in [1.807, 2.05) is 11.3 Å². The SMILES string of the molecule is Cc1cccc(CCCc2nc3ccccc3s2)c1C. The lowest BCUT2D eigenvalue weighted by Gasteiger charge is -2.07. The Hall–Kier alpha value is -1.67. The molecule has 0 aliphatic rings. The molecule has 0 aliphatic heterocycles. The number of aromatic nitrogens is 1. The molecule has 0 atom stereocenters. The largest absolute Gasteiger partial charge is 0.241 e. The average molecular weight is 281 g/mol. The minimum atomic E-state index is 1.08. The first-order valence-corrected chi connectivity index (χ1v) is 7.95. The molecule has 0 amide bonds. The third-order valence-electron chi connectivity index (χ3n) is 3.89. The number of aryl methyl sites for hydroxylation is 3. The van der Waals surface area contributed by atoms with Crippen molar-refractivity contribution >= 4 is 21.6 Å². The molecule has 2 heteroatoms. The van der Waals surface area contributed by atoms with E-state index in [1.54, 1.807) is 0 Å². The maximum Gasteiger partial charge on any atom is 0.0938 e. The Morgan fingerprint density at radius 1 is 0.950 bits per heavy atom. The molecule has 3 rings (SSSR count). The molecule has 1 aromatic heterocycles. The van der Waals surface area contributed by atoms with Crippen molar-refractivity contribution < 1.29 is 0 Å². The smallest absolute Gasteiger partial charge is 0.0938 e. The van der Waals surface area contributed by atoms with E-state index in [0.29, 0.717) is 0 Å². The van der Waals surface area contributed by atoms with Gasteiger partial charge in [0.15, 0.2) is 0 Å². The van der Waals surface area contributed by atoms with Gasteiger partial charge in [0.25, 0.3) is 0 Å². The van der Waals surface area contributed by atoms with Gasteiger partial charge >= 0.3 is 0 Å². The second-order valence-corrected chi connectivity index (χ2v) is 6.40. The fraction of sp³-hybridized carbons (Fsp3) is 0.278. The number of thiazole rings is 1. The number of hydrogen-bond acceptors (Lipinski definition) is 2. The minimum Gasteiger partial charge on any atom is -0.241 e. The molecule has 0 saturated heterocycles. The molecule has 102 valence electrons. The first-order chi connectivity index (χ1) is 9.74. The summed E-state index contributed by atoms with van der Waals surface area (Å²) in [5, 5.41) is 1.26. The van der Waals surface area contributed by atoms with Crippen molar-refractivity contribution in [3.63, 3.8) is 0 Å². The molecule has 0 fully saturated rings. The molecular weight excluding hydrogens is 262 g/mol. The lowest BCUT2D eigenvalue weighted by atomic mass is 9.99. The summed E-state index contributed by atoms with van der Waals surface area (Å²) in [4.78, 5) is 4.70. The van der Waals surface area contributed by atoms with Gasteiger partial charge in [-0.1, -0.05) is 30.3 Å². The van der Waals surface area contributed by atoms with Crippen LogP contribution in [0.5, 0.6) is 0 Å². The molecule has 0 bridgehead atoms. The highest BCUT2D eigenvalue weighted by Gasteiger charge is 2.04. The predicted molar refractivity (Wildman–Crippen MR) is 87.6 cm³/mol. The van der Waals surface area contributed by atoms with Crippen LogP contribution in [-0.2, 0) is 12.8 Å². The Labute approximate surface area is 124 Å². The van der Waals surface area contributed by atoms with Crippen LogP contribution in [-0.4, -0.2) is 4.98 Å². The number of nitrogens with zero attached hydrogens (tertiary/aromatic N) is 1. The molecule has 1 nitrogen and oxygen atoms in total. The van der Waals surface area contributed by atoms with Gasteiger partial charge in [0, 0.05) is 0 Å². The van der Waals surface area contributed by atoms with Gasteiger partial charge in [-0.3, -0.25) is 0 Å². The fourth-order valence-corrected chi connectivity index (χ4v) is 3.55. The molecule has 0 saturated carbocycles. The second kappa shape index (κ2) is 5.76. The van der Waals surface area contributed by atoms with Gasteiger partial charge in [-0.05, 0) is 61.9 Å². The summed E-state index contributed by atoms with van der Waals surface area (Å²) < 4.78 is 1.30. The summed E-state index contributed by atoms with van der Waals surface area (Å²) >= 11 is 1.83. The van der Waals surface area contributed by atoms with Crippen LogP contribution >= 0.6 is 11.3 Å². The zero-order chi connectivity index (χ0) is 13.9. The summed E-state index contributed by atoms with van der Waals surface area (Å²) in [5.41, 5.74) is 5.45. The first-order valence-electron chi connectivity index (χ1n) is 7.13. The molecule has 3 aromatic rings. The normalized spacial score (nSPS) is 11.1. The van der Waals surface area contributed by atoms with E-state index in [1.165, 1.54) is 32.8 Å². The molecule has 0 unspecified atom stereocenters. The van der Waals surface area contributed by atoms with E-state index in [-0.39, 0.29) is 0 Å². The quantitative estimate of drug-likeness (QED) is 0.649. The second-order valence-electron chi connectivity index (χ2n) is 5.29. The molecule has 0 aliphatic carbocycles. The van der Waals surface area contributed by atoms with Crippen LogP contribution in [0.4, 0.5) is 0 Å². The van der Waals surface area contributed by atoms with Crippen LogP contribution in [0, 0.1) is 13.8 Å². The van der Waals surface area contributed by atoms with Crippen molar-refractivity contribution in [3.8, 4) is 0 Å². The molecule has 1 heterocycles. The maximum absolute atomic E-state index is 4.70. The van der Waals surface area contributed by atoms with E-state index in [0.717, 1.165) is 18.4 Å². The number of hydrogen-bond donors (Lipinski definition) is 0. The van der Waals surface area contributed by atoms with Gasteiger partial charge < -0.3 is 0 Å². The topological polar surface area (TPSA) is 12.9 Å². The average Bonchev–Trinajstić information content (AvgIpc) is 2.86. The Bertz CT molecular complexity index is 694. The Morgan fingerprint density at radius 2 is 1.80 bits per heavy atom. The molecule has 0 radical (unpaired) electrons. The van der Waals surface area contributed by atoms with Crippen molar-refractivity contribution in [2.75, 3.05) is 0 Å². The van der Waals surface area contributed by atoms with E-state index in [4.69, 9.17) is 4.98 Å². The van der Waals surface area contributed by atoms with Crippen LogP contribution in [0.2, 0.25) is 0 Å². The van der Waals surface area contributed by atoms with Gasteiger partial charge in [-0.25, -0.2) is 4.98 Å². The van der Waals surface area contributed by atoms with Crippen molar-refractivity contribution in [2.24, 2.45) is 0 Å². The van der Waals surface area contributed by atoms with Crippen molar-refractivity contribution in [2.45, 2.75) is 33.1 Å². The minimum absolute atomic E-state index is 1.08. The Balaban J connectivity index is 1.66. The van der Waals surface area contributed by atoms with Crippen LogP contribution in [0.1, 0.15) is 28.1 Å². The zero-order valence-corrected chi connectivity index (χ0v) is 12.8. The van der Waals surface area contributed by atoms with Crippen LogP contribution in [0.15, 0.2) is 42.5 Å². The highest BCUT2D eigenvalue weighted by Crippen LogP contribution is 2.23. The van der Waals surface area contributed by atoms with Crippen LogP contribution < -0.4 is 0 Å². The van der Waals surface area contributed by atoms with E-state index >= 15 is 0 Å². The summed E-state index contributed by atoms with van der Waals surface area (Å²) in [6.45, 7) is 4.41. The fourth-order valence-electron chi connectivity index (χ4n) is 2.54. The Kier molecular flexibility index (Phi) is 3.83. The molecule has 0 N–H and O–H groups in total.